The monoisotopic (exact) mass is 350 g/mol. The van der Waals surface area contributed by atoms with Gasteiger partial charge in [0.2, 0.25) is 0 Å². The first-order valence-electron chi connectivity index (χ1n) is 9.94. The maximum Gasteiger partial charge on any atom is 0.255 e. The highest BCUT2D eigenvalue weighted by Crippen LogP contribution is 2.23. The third kappa shape index (κ3) is 4.53. The van der Waals surface area contributed by atoms with E-state index in [9.17, 15) is 4.79 Å². The normalized spacial score (nSPS) is 15.0. The number of para-hydroxylation sites is 1. The van der Waals surface area contributed by atoms with E-state index in [-0.39, 0.29) is 5.91 Å². The molecule has 2 aromatic carbocycles. The van der Waals surface area contributed by atoms with Crippen LogP contribution in [0.15, 0.2) is 42.5 Å². The van der Waals surface area contributed by atoms with Gasteiger partial charge in [-0.15, -0.1) is 0 Å². The second-order valence-electron chi connectivity index (χ2n) is 7.15. The number of hydrogen-bond donors (Lipinski definition) is 1. The zero-order valence-electron chi connectivity index (χ0n) is 16.1. The molecule has 1 N–H and O–H groups in total. The summed E-state index contributed by atoms with van der Waals surface area (Å²) in [6.45, 7) is 7.62. The summed E-state index contributed by atoms with van der Waals surface area (Å²) in [6, 6.07) is 14.4. The number of likely N-dealkylation sites (tertiary alicyclic amines) is 1. The first kappa shape index (κ1) is 18.7. The van der Waals surface area contributed by atoms with Crippen LogP contribution >= 0.6 is 0 Å². The molecule has 0 bridgehead atoms. The van der Waals surface area contributed by atoms with Crippen molar-refractivity contribution in [1.82, 2.24) is 4.90 Å². The lowest BCUT2D eigenvalue weighted by molar-refractivity contribution is 0.102. The van der Waals surface area contributed by atoms with Gasteiger partial charge in [-0.05, 0) is 67.6 Å². The predicted molar refractivity (Wildman–Crippen MR) is 109 cm³/mol. The lowest BCUT2D eigenvalue weighted by Crippen LogP contribution is -2.29. The molecule has 2 aromatic rings. The van der Waals surface area contributed by atoms with E-state index in [4.69, 9.17) is 0 Å². The van der Waals surface area contributed by atoms with Crippen LogP contribution in [0.5, 0.6) is 0 Å². The third-order valence-electron chi connectivity index (χ3n) is 5.31. The standard InChI is InChI=1S/C23H30N2O/c1-3-19-9-8-10-20(4-2)22(19)24-23(26)21-13-11-18(12-14-21)17-25-15-6-5-7-16-25/h8-14H,3-7,15-17H2,1-2H3,(H,24,26). The number of amides is 1. The fourth-order valence-electron chi connectivity index (χ4n) is 3.73. The second-order valence-corrected chi connectivity index (χ2v) is 7.15. The molecule has 26 heavy (non-hydrogen) atoms. The molecule has 1 saturated heterocycles. The zero-order valence-corrected chi connectivity index (χ0v) is 16.1. The Labute approximate surface area is 157 Å². The largest absolute Gasteiger partial charge is 0.321 e. The van der Waals surface area contributed by atoms with Gasteiger partial charge in [-0.25, -0.2) is 0 Å². The van der Waals surface area contributed by atoms with Crippen molar-refractivity contribution in [2.24, 2.45) is 0 Å². The fraction of sp³-hybridized carbons (Fsp3) is 0.435. The summed E-state index contributed by atoms with van der Waals surface area (Å²) in [4.78, 5) is 15.2. The van der Waals surface area contributed by atoms with Crippen molar-refractivity contribution >= 4 is 11.6 Å². The molecule has 1 amide bonds. The number of hydrogen-bond acceptors (Lipinski definition) is 2. The Kier molecular flexibility index (Phi) is 6.45. The first-order valence-corrected chi connectivity index (χ1v) is 9.94. The summed E-state index contributed by atoms with van der Waals surface area (Å²) < 4.78 is 0. The Morgan fingerprint density at radius 1 is 0.923 bits per heavy atom. The molecule has 1 aliphatic heterocycles. The highest BCUT2D eigenvalue weighted by Gasteiger charge is 2.13. The molecular formula is C23H30N2O. The van der Waals surface area contributed by atoms with Crippen molar-refractivity contribution in [2.45, 2.75) is 52.5 Å². The zero-order chi connectivity index (χ0) is 18.4. The Hall–Kier alpha value is -2.13. The molecule has 0 atom stereocenters. The first-order chi connectivity index (χ1) is 12.7. The quantitative estimate of drug-likeness (QED) is 0.791. The van der Waals surface area contributed by atoms with Gasteiger partial charge in [-0.3, -0.25) is 9.69 Å². The highest BCUT2D eigenvalue weighted by atomic mass is 16.1. The molecule has 0 aliphatic carbocycles. The molecular weight excluding hydrogens is 320 g/mol. The van der Waals surface area contributed by atoms with Gasteiger partial charge in [0.1, 0.15) is 0 Å². The Morgan fingerprint density at radius 2 is 1.54 bits per heavy atom. The highest BCUT2D eigenvalue weighted by molar-refractivity contribution is 6.05. The topological polar surface area (TPSA) is 32.3 Å². The lowest BCUT2D eigenvalue weighted by atomic mass is 10.0. The minimum absolute atomic E-state index is 0.0230. The minimum Gasteiger partial charge on any atom is -0.321 e. The van der Waals surface area contributed by atoms with Gasteiger partial charge < -0.3 is 5.32 Å². The number of benzene rings is 2. The number of nitrogens with zero attached hydrogens (tertiary/aromatic N) is 1. The van der Waals surface area contributed by atoms with E-state index in [0.717, 1.165) is 30.6 Å². The van der Waals surface area contributed by atoms with Crippen LogP contribution in [-0.4, -0.2) is 23.9 Å². The van der Waals surface area contributed by atoms with Crippen molar-refractivity contribution in [3.63, 3.8) is 0 Å². The van der Waals surface area contributed by atoms with Crippen LogP contribution in [-0.2, 0) is 19.4 Å². The molecule has 3 nitrogen and oxygen atoms in total. The van der Waals surface area contributed by atoms with E-state index in [0.29, 0.717) is 0 Å². The SMILES string of the molecule is CCc1cccc(CC)c1NC(=O)c1ccc(CN2CCCCC2)cc1. The van der Waals surface area contributed by atoms with Gasteiger partial charge in [0.05, 0.1) is 0 Å². The van der Waals surface area contributed by atoms with E-state index < -0.39 is 0 Å². The molecule has 3 rings (SSSR count). The molecule has 1 aliphatic rings. The van der Waals surface area contributed by atoms with Crippen molar-refractivity contribution < 1.29 is 4.79 Å². The second kappa shape index (κ2) is 9.00. The van der Waals surface area contributed by atoms with E-state index in [1.165, 1.54) is 49.0 Å². The van der Waals surface area contributed by atoms with Gasteiger partial charge in [0.15, 0.2) is 0 Å². The van der Waals surface area contributed by atoms with Crippen molar-refractivity contribution in [3.8, 4) is 0 Å². The molecule has 0 radical (unpaired) electrons. The average Bonchev–Trinajstić information content (AvgIpc) is 2.69. The van der Waals surface area contributed by atoms with E-state index >= 15 is 0 Å². The smallest absolute Gasteiger partial charge is 0.255 e. The third-order valence-corrected chi connectivity index (χ3v) is 5.31. The Morgan fingerprint density at radius 3 is 2.12 bits per heavy atom. The van der Waals surface area contributed by atoms with Gasteiger partial charge in [-0.2, -0.15) is 0 Å². The molecule has 1 fully saturated rings. The molecule has 0 aromatic heterocycles. The summed E-state index contributed by atoms with van der Waals surface area (Å²) in [5.74, 6) is -0.0230. The number of carbonyl (C=O) groups excluding carboxylic acids is 1. The predicted octanol–water partition coefficient (Wildman–Crippen LogP) is 5.05. The van der Waals surface area contributed by atoms with Crippen LogP contribution in [0.3, 0.4) is 0 Å². The maximum absolute atomic E-state index is 12.7. The average molecular weight is 351 g/mol. The number of rotatable bonds is 6. The molecule has 0 spiro atoms. The van der Waals surface area contributed by atoms with Crippen LogP contribution in [0.25, 0.3) is 0 Å². The molecule has 3 heteroatoms. The molecule has 138 valence electrons. The molecule has 0 saturated carbocycles. The van der Waals surface area contributed by atoms with Gasteiger partial charge in [-0.1, -0.05) is 50.6 Å². The van der Waals surface area contributed by atoms with Crippen LogP contribution in [0, 0.1) is 0 Å². The molecule has 1 heterocycles. The van der Waals surface area contributed by atoms with Crippen molar-refractivity contribution in [3.05, 3.63) is 64.7 Å². The summed E-state index contributed by atoms with van der Waals surface area (Å²) in [5, 5.41) is 3.15. The molecule has 0 unspecified atom stereocenters. The van der Waals surface area contributed by atoms with E-state index in [2.05, 4.69) is 54.4 Å². The summed E-state index contributed by atoms with van der Waals surface area (Å²) in [6.07, 6.45) is 5.79. The minimum atomic E-state index is -0.0230. The van der Waals surface area contributed by atoms with Gasteiger partial charge >= 0.3 is 0 Å². The van der Waals surface area contributed by atoms with Crippen LogP contribution < -0.4 is 5.32 Å². The van der Waals surface area contributed by atoms with E-state index in [1.807, 2.05) is 12.1 Å². The Balaban J connectivity index is 1.69. The summed E-state index contributed by atoms with van der Waals surface area (Å²) >= 11 is 0. The van der Waals surface area contributed by atoms with Crippen molar-refractivity contribution in [2.75, 3.05) is 18.4 Å². The number of piperidine rings is 1. The van der Waals surface area contributed by atoms with Crippen LogP contribution in [0.1, 0.15) is 60.2 Å². The maximum atomic E-state index is 12.7. The van der Waals surface area contributed by atoms with Crippen molar-refractivity contribution in [1.29, 1.82) is 0 Å². The summed E-state index contributed by atoms with van der Waals surface area (Å²) in [5.41, 5.74) is 5.38. The number of carbonyl (C=O) groups is 1. The fourth-order valence-corrected chi connectivity index (χ4v) is 3.73. The Bertz CT molecular complexity index is 708. The van der Waals surface area contributed by atoms with Gasteiger partial charge in [0.25, 0.3) is 5.91 Å². The van der Waals surface area contributed by atoms with Gasteiger partial charge in [0, 0.05) is 17.8 Å². The van der Waals surface area contributed by atoms with E-state index in [1.54, 1.807) is 0 Å². The number of anilines is 1. The van der Waals surface area contributed by atoms with Crippen LogP contribution in [0.4, 0.5) is 5.69 Å². The van der Waals surface area contributed by atoms with Crippen LogP contribution in [0.2, 0.25) is 0 Å². The lowest BCUT2D eigenvalue weighted by Gasteiger charge is -2.26. The summed E-state index contributed by atoms with van der Waals surface area (Å²) in [7, 11) is 0. The number of aryl methyl sites for hydroxylation is 2. The number of nitrogens with one attached hydrogen (secondary N) is 1.